The van der Waals surface area contributed by atoms with Gasteiger partial charge >= 0.3 is 0 Å². The van der Waals surface area contributed by atoms with Gasteiger partial charge in [0.25, 0.3) is 8.32 Å². The highest BCUT2D eigenvalue weighted by Gasteiger charge is 2.52. The molecule has 1 saturated heterocycles. The van der Waals surface area contributed by atoms with Gasteiger partial charge in [0.1, 0.15) is 18.3 Å². The summed E-state index contributed by atoms with van der Waals surface area (Å²) in [5.41, 5.74) is 0.972. The Morgan fingerprint density at radius 2 is 1.26 bits per heavy atom. The van der Waals surface area contributed by atoms with Crippen LogP contribution in [0.25, 0.3) is 0 Å². The Balaban J connectivity index is 1.56. The topological polar surface area (TPSA) is 68.2 Å². The van der Waals surface area contributed by atoms with Crippen LogP contribution in [0.5, 0.6) is 0 Å². The highest BCUT2D eigenvalue weighted by Crippen LogP contribution is 2.37. The average molecular weight is 479 g/mol. The van der Waals surface area contributed by atoms with Crippen molar-refractivity contribution in [2.75, 3.05) is 6.61 Å². The first kappa shape index (κ1) is 24.8. The van der Waals surface area contributed by atoms with Crippen molar-refractivity contribution < 1.29 is 24.1 Å². The first-order chi connectivity index (χ1) is 16.3. The molecule has 4 atom stereocenters. The minimum Gasteiger partial charge on any atom is -0.405 e. The predicted molar refractivity (Wildman–Crippen MR) is 135 cm³/mol. The Hall–Kier alpha value is -2.32. The van der Waals surface area contributed by atoms with Gasteiger partial charge in [-0.1, -0.05) is 112 Å². The van der Waals surface area contributed by atoms with E-state index in [1.54, 1.807) is 0 Å². The molecular weight excluding hydrogens is 444 g/mol. The SMILES string of the molecule is CC(C)(C)[Si](OC[C@H]1OC(OCc2ccccc2)[C@H](O)[C@H]1O)(c1ccccc1)c1ccccc1. The van der Waals surface area contributed by atoms with Crippen LogP contribution in [0, 0.1) is 0 Å². The normalized spacial score (nSPS) is 23.2. The lowest BCUT2D eigenvalue weighted by molar-refractivity contribution is -0.175. The number of aliphatic hydroxyl groups excluding tert-OH is 2. The van der Waals surface area contributed by atoms with Gasteiger partial charge in [0.05, 0.1) is 13.2 Å². The van der Waals surface area contributed by atoms with Crippen LogP contribution in [0.4, 0.5) is 0 Å². The van der Waals surface area contributed by atoms with Crippen molar-refractivity contribution in [3.05, 3.63) is 96.6 Å². The van der Waals surface area contributed by atoms with Crippen molar-refractivity contribution in [3.8, 4) is 0 Å². The Morgan fingerprint density at radius 3 is 1.76 bits per heavy atom. The average Bonchev–Trinajstić information content (AvgIpc) is 3.12. The molecule has 6 heteroatoms. The Kier molecular flexibility index (Phi) is 7.67. The predicted octanol–water partition coefficient (Wildman–Crippen LogP) is 3.23. The van der Waals surface area contributed by atoms with Crippen LogP contribution in [0.3, 0.4) is 0 Å². The summed E-state index contributed by atoms with van der Waals surface area (Å²) in [4.78, 5) is 0. The second-order valence-corrected chi connectivity index (χ2v) is 14.1. The summed E-state index contributed by atoms with van der Waals surface area (Å²) >= 11 is 0. The summed E-state index contributed by atoms with van der Waals surface area (Å²) in [5, 5.41) is 23.4. The van der Waals surface area contributed by atoms with E-state index in [1.165, 1.54) is 0 Å². The number of aliphatic hydroxyl groups is 2. The van der Waals surface area contributed by atoms with Crippen molar-refractivity contribution in [1.29, 1.82) is 0 Å². The van der Waals surface area contributed by atoms with Crippen LogP contribution < -0.4 is 10.4 Å². The van der Waals surface area contributed by atoms with E-state index >= 15 is 0 Å². The van der Waals surface area contributed by atoms with Crippen molar-refractivity contribution in [1.82, 2.24) is 0 Å². The molecule has 3 aromatic rings. The van der Waals surface area contributed by atoms with Gasteiger partial charge in [-0.25, -0.2) is 0 Å². The largest absolute Gasteiger partial charge is 0.405 e. The number of benzene rings is 3. The molecule has 1 aliphatic heterocycles. The van der Waals surface area contributed by atoms with Gasteiger partial charge in [0.15, 0.2) is 6.29 Å². The van der Waals surface area contributed by atoms with Crippen molar-refractivity contribution >= 4 is 18.7 Å². The fraction of sp³-hybridized carbons (Fsp3) is 0.357. The minimum atomic E-state index is -2.78. The summed E-state index contributed by atoms with van der Waals surface area (Å²) < 4.78 is 18.6. The van der Waals surface area contributed by atoms with E-state index in [9.17, 15) is 10.2 Å². The zero-order valence-electron chi connectivity index (χ0n) is 20.0. The smallest absolute Gasteiger partial charge is 0.261 e. The van der Waals surface area contributed by atoms with Crippen LogP contribution >= 0.6 is 0 Å². The minimum absolute atomic E-state index is 0.150. The number of hydrogen-bond acceptors (Lipinski definition) is 5. The van der Waals surface area contributed by atoms with Gasteiger partial charge in [-0.2, -0.15) is 0 Å². The van der Waals surface area contributed by atoms with Crippen molar-refractivity contribution in [2.24, 2.45) is 0 Å². The molecule has 0 aromatic heterocycles. The van der Waals surface area contributed by atoms with E-state index in [2.05, 4.69) is 45.0 Å². The fourth-order valence-electron chi connectivity index (χ4n) is 4.71. The lowest BCUT2D eigenvalue weighted by Gasteiger charge is -2.43. The first-order valence-electron chi connectivity index (χ1n) is 11.7. The molecule has 0 spiro atoms. The monoisotopic (exact) mass is 478 g/mol. The van der Waals surface area contributed by atoms with Gasteiger partial charge in [-0.15, -0.1) is 0 Å². The van der Waals surface area contributed by atoms with E-state index in [-0.39, 0.29) is 18.3 Å². The second-order valence-electron chi connectivity index (χ2n) is 9.79. The lowest BCUT2D eigenvalue weighted by atomic mass is 10.1. The molecule has 0 saturated carbocycles. The summed E-state index contributed by atoms with van der Waals surface area (Å²) in [6, 6.07) is 30.3. The maximum atomic E-state index is 10.7. The molecule has 2 N–H and O–H groups in total. The van der Waals surface area contributed by atoms with Gasteiger partial charge in [-0.05, 0) is 21.0 Å². The van der Waals surface area contributed by atoms with Crippen LogP contribution in [0.1, 0.15) is 26.3 Å². The van der Waals surface area contributed by atoms with Crippen LogP contribution in [0.15, 0.2) is 91.0 Å². The first-order valence-corrected chi connectivity index (χ1v) is 13.7. The highest BCUT2D eigenvalue weighted by molar-refractivity contribution is 6.99. The number of hydrogen-bond donors (Lipinski definition) is 2. The Morgan fingerprint density at radius 1 is 0.765 bits per heavy atom. The van der Waals surface area contributed by atoms with Crippen molar-refractivity contribution in [2.45, 2.75) is 57.0 Å². The van der Waals surface area contributed by atoms with Gasteiger partial charge in [-0.3, -0.25) is 0 Å². The van der Waals surface area contributed by atoms with E-state index in [0.29, 0.717) is 0 Å². The van der Waals surface area contributed by atoms with E-state index < -0.39 is 32.9 Å². The van der Waals surface area contributed by atoms with E-state index in [1.807, 2.05) is 66.7 Å². The second kappa shape index (κ2) is 10.5. The molecule has 180 valence electrons. The van der Waals surface area contributed by atoms with E-state index in [0.717, 1.165) is 15.9 Å². The molecule has 1 aliphatic rings. The Labute approximate surface area is 203 Å². The van der Waals surface area contributed by atoms with Crippen LogP contribution in [-0.4, -0.2) is 49.7 Å². The molecule has 0 aliphatic carbocycles. The molecule has 1 unspecified atom stereocenters. The Bertz CT molecular complexity index is 983. The zero-order valence-corrected chi connectivity index (χ0v) is 21.0. The highest BCUT2D eigenvalue weighted by atomic mass is 28.4. The molecular formula is C28H34O5Si. The lowest BCUT2D eigenvalue weighted by Crippen LogP contribution is -2.67. The zero-order chi connectivity index (χ0) is 24.2. The third-order valence-corrected chi connectivity index (χ3v) is 11.5. The summed E-state index contributed by atoms with van der Waals surface area (Å²) in [6.07, 6.45) is -3.85. The molecule has 5 nitrogen and oxygen atoms in total. The van der Waals surface area contributed by atoms with Gasteiger partial charge in [0.2, 0.25) is 0 Å². The number of rotatable bonds is 8. The molecule has 1 fully saturated rings. The maximum Gasteiger partial charge on any atom is 0.261 e. The molecule has 4 rings (SSSR count). The van der Waals surface area contributed by atoms with Crippen LogP contribution in [-0.2, 0) is 20.5 Å². The standard InChI is InChI=1S/C28H34O5Si/c1-28(2,3)34(22-15-9-5-10-16-22,23-17-11-6-12-18-23)32-20-24-25(29)26(30)27(33-24)31-19-21-13-7-4-8-14-21/h4-18,24-27,29-30H,19-20H2,1-3H3/t24-,25+,26-,27?/m1/s1. The van der Waals surface area contributed by atoms with Gasteiger partial charge < -0.3 is 24.1 Å². The van der Waals surface area contributed by atoms with Crippen LogP contribution in [0.2, 0.25) is 5.04 Å². The van der Waals surface area contributed by atoms with Crippen molar-refractivity contribution in [3.63, 3.8) is 0 Å². The molecule has 1 heterocycles. The molecule has 0 bridgehead atoms. The van der Waals surface area contributed by atoms with E-state index in [4.69, 9.17) is 13.9 Å². The maximum absolute atomic E-state index is 10.7. The third kappa shape index (κ3) is 5.03. The molecule has 34 heavy (non-hydrogen) atoms. The quantitative estimate of drug-likeness (QED) is 0.487. The summed E-state index contributed by atoms with van der Waals surface area (Å²) in [7, 11) is -2.78. The summed E-state index contributed by atoms with van der Waals surface area (Å²) in [6.45, 7) is 7.04. The molecule has 3 aromatic carbocycles. The number of ether oxygens (including phenoxy) is 2. The molecule has 0 amide bonds. The third-order valence-electron chi connectivity index (χ3n) is 6.46. The fourth-order valence-corrected chi connectivity index (χ4v) is 9.28. The summed E-state index contributed by atoms with van der Waals surface area (Å²) in [5.74, 6) is 0. The molecule has 0 radical (unpaired) electrons. The van der Waals surface area contributed by atoms with Gasteiger partial charge in [0, 0.05) is 0 Å².